The van der Waals surface area contributed by atoms with E-state index in [9.17, 15) is 9.59 Å². The number of nitrogens with one attached hydrogen (secondary N) is 2. The summed E-state index contributed by atoms with van der Waals surface area (Å²) in [6, 6.07) is 12.8. The first kappa shape index (κ1) is 21.2. The van der Waals surface area contributed by atoms with Gasteiger partial charge in [-0.3, -0.25) is 9.59 Å². The Labute approximate surface area is 175 Å². The van der Waals surface area contributed by atoms with Crippen LogP contribution in [-0.4, -0.2) is 48.7 Å². The van der Waals surface area contributed by atoms with Crippen LogP contribution < -0.4 is 20.1 Å². The van der Waals surface area contributed by atoms with Crippen LogP contribution in [0.4, 0.5) is 0 Å². The van der Waals surface area contributed by atoms with Crippen LogP contribution in [0.25, 0.3) is 11.0 Å². The number of carbonyl (C=O) groups excluding carboxylic acids is 2. The lowest BCUT2D eigenvalue weighted by Crippen LogP contribution is -2.37. The predicted octanol–water partition coefficient (Wildman–Crippen LogP) is 2.30. The number of amides is 2. The van der Waals surface area contributed by atoms with Crippen LogP contribution in [0.15, 0.2) is 42.5 Å². The maximum atomic E-state index is 12.3. The third kappa shape index (κ3) is 4.89. The Kier molecular flexibility index (Phi) is 6.90. The summed E-state index contributed by atoms with van der Waals surface area (Å²) >= 11 is 0. The number of aromatic nitrogens is 2. The van der Waals surface area contributed by atoms with Crippen molar-refractivity contribution < 1.29 is 19.1 Å². The highest BCUT2D eigenvalue weighted by Crippen LogP contribution is 2.27. The Bertz CT molecular complexity index is 1040. The minimum atomic E-state index is -0.355. The average Bonchev–Trinajstić information content (AvgIpc) is 3.09. The smallest absolute Gasteiger partial charge is 0.251 e. The highest BCUT2D eigenvalue weighted by molar-refractivity contribution is 5.97. The Balaban J connectivity index is 1.44. The van der Waals surface area contributed by atoms with E-state index < -0.39 is 0 Å². The number of nitrogens with zero attached hydrogens (tertiary/aromatic N) is 2. The second-order valence-corrected chi connectivity index (χ2v) is 6.76. The van der Waals surface area contributed by atoms with E-state index in [1.54, 1.807) is 18.2 Å². The number of hydrogen-bond acceptors (Lipinski definition) is 5. The van der Waals surface area contributed by atoms with Crippen LogP contribution in [0.5, 0.6) is 11.5 Å². The number of hydrogen-bond donors (Lipinski definition) is 2. The Hall–Kier alpha value is -3.55. The van der Waals surface area contributed by atoms with Gasteiger partial charge in [0, 0.05) is 18.7 Å². The molecule has 0 aliphatic rings. The van der Waals surface area contributed by atoms with E-state index in [2.05, 4.69) is 20.2 Å². The van der Waals surface area contributed by atoms with Gasteiger partial charge in [-0.15, -0.1) is 0 Å². The van der Waals surface area contributed by atoms with Crippen molar-refractivity contribution in [2.45, 2.75) is 19.9 Å². The number of rotatable bonds is 9. The normalized spacial score (nSPS) is 10.6. The number of fused-ring (bicyclic) bond motifs is 1. The van der Waals surface area contributed by atoms with Gasteiger partial charge in [-0.05, 0) is 43.7 Å². The maximum absolute atomic E-state index is 12.3. The molecule has 8 heteroatoms. The van der Waals surface area contributed by atoms with Crippen molar-refractivity contribution in [1.29, 1.82) is 0 Å². The molecule has 2 aromatic carbocycles. The van der Waals surface area contributed by atoms with E-state index in [4.69, 9.17) is 9.47 Å². The summed E-state index contributed by atoms with van der Waals surface area (Å²) < 4.78 is 12.5. The zero-order valence-corrected chi connectivity index (χ0v) is 17.4. The molecule has 0 aliphatic carbocycles. The van der Waals surface area contributed by atoms with Gasteiger partial charge in [0.2, 0.25) is 5.91 Å². The summed E-state index contributed by atoms with van der Waals surface area (Å²) in [7, 11) is 3.03. The molecular weight excluding hydrogens is 384 g/mol. The third-order valence-corrected chi connectivity index (χ3v) is 4.78. The molecule has 0 bridgehead atoms. The first-order chi connectivity index (χ1) is 14.5. The minimum Gasteiger partial charge on any atom is -0.493 e. The number of benzene rings is 2. The molecule has 0 spiro atoms. The van der Waals surface area contributed by atoms with Gasteiger partial charge in [0.1, 0.15) is 5.82 Å². The summed E-state index contributed by atoms with van der Waals surface area (Å²) in [4.78, 5) is 28.9. The van der Waals surface area contributed by atoms with Crippen molar-refractivity contribution in [3.8, 4) is 11.5 Å². The number of imidazole rings is 1. The number of para-hydroxylation sites is 2. The van der Waals surface area contributed by atoms with Crippen LogP contribution in [-0.2, 0) is 11.3 Å². The summed E-state index contributed by atoms with van der Waals surface area (Å²) in [6.07, 6.45) is 0.760. The predicted molar refractivity (Wildman–Crippen MR) is 114 cm³/mol. The maximum Gasteiger partial charge on any atom is 0.251 e. The van der Waals surface area contributed by atoms with E-state index in [0.29, 0.717) is 23.6 Å². The number of ether oxygens (including phenoxy) is 2. The standard InChI is InChI=1S/C22H26N4O4/c1-15-25-17-7-4-5-8-18(17)26(15)12-6-11-23-21(27)14-24-22(28)16-9-10-19(29-2)20(13-16)30-3/h4-5,7-10,13H,6,11-12,14H2,1-3H3,(H,23,27)(H,24,28). The van der Waals surface area contributed by atoms with Gasteiger partial charge in [-0.1, -0.05) is 12.1 Å². The van der Waals surface area contributed by atoms with Crippen molar-refractivity contribution in [1.82, 2.24) is 20.2 Å². The fourth-order valence-electron chi connectivity index (χ4n) is 3.25. The van der Waals surface area contributed by atoms with E-state index in [0.717, 1.165) is 29.8 Å². The second-order valence-electron chi connectivity index (χ2n) is 6.76. The fraction of sp³-hybridized carbons (Fsp3) is 0.318. The number of carbonyl (C=O) groups is 2. The minimum absolute atomic E-state index is 0.0970. The highest BCUT2D eigenvalue weighted by Gasteiger charge is 2.12. The molecule has 1 heterocycles. The van der Waals surface area contributed by atoms with E-state index >= 15 is 0 Å². The SMILES string of the molecule is COc1ccc(C(=O)NCC(=O)NCCCn2c(C)nc3ccccc32)cc1OC. The van der Waals surface area contributed by atoms with Crippen molar-refractivity contribution >= 4 is 22.8 Å². The van der Waals surface area contributed by atoms with Crippen LogP contribution in [0, 0.1) is 6.92 Å². The average molecular weight is 410 g/mol. The molecule has 0 saturated carbocycles. The zero-order chi connectivity index (χ0) is 21.5. The molecule has 0 aliphatic heterocycles. The Morgan fingerprint density at radius 2 is 1.80 bits per heavy atom. The van der Waals surface area contributed by atoms with Gasteiger partial charge in [0.05, 0.1) is 31.8 Å². The fourth-order valence-corrected chi connectivity index (χ4v) is 3.25. The number of methoxy groups -OCH3 is 2. The zero-order valence-electron chi connectivity index (χ0n) is 17.4. The van der Waals surface area contributed by atoms with Crippen LogP contribution >= 0.6 is 0 Å². The molecule has 3 aromatic rings. The van der Waals surface area contributed by atoms with Crippen LogP contribution in [0.3, 0.4) is 0 Å². The van der Waals surface area contributed by atoms with E-state index in [1.165, 1.54) is 14.2 Å². The van der Waals surface area contributed by atoms with Crippen molar-refractivity contribution in [3.05, 3.63) is 53.9 Å². The highest BCUT2D eigenvalue weighted by atomic mass is 16.5. The summed E-state index contributed by atoms with van der Waals surface area (Å²) in [5.41, 5.74) is 2.45. The van der Waals surface area contributed by atoms with Gasteiger partial charge in [0.25, 0.3) is 5.91 Å². The van der Waals surface area contributed by atoms with Gasteiger partial charge < -0.3 is 24.7 Å². The summed E-state index contributed by atoms with van der Waals surface area (Å²) in [5, 5.41) is 5.44. The van der Waals surface area contributed by atoms with Crippen molar-refractivity contribution in [2.75, 3.05) is 27.3 Å². The lowest BCUT2D eigenvalue weighted by atomic mass is 10.2. The molecular formula is C22H26N4O4. The Morgan fingerprint density at radius 3 is 2.57 bits per heavy atom. The molecule has 0 unspecified atom stereocenters. The monoisotopic (exact) mass is 410 g/mol. The third-order valence-electron chi connectivity index (χ3n) is 4.78. The molecule has 0 saturated heterocycles. The van der Waals surface area contributed by atoms with E-state index in [1.807, 2.05) is 31.2 Å². The molecule has 0 atom stereocenters. The quantitative estimate of drug-likeness (QED) is 0.528. The molecule has 30 heavy (non-hydrogen) atoms. The molecule has 0 fully saturated rings. The molecule has 3 rings (SSSR count). The summed E-state index contributed by atoms with van der Waals surface area (Å²) in [6.45, 7) is 3.14. The van der Waals surface area contributed by atoms with E-state index in [-0.39, 0.29) is 18.4 Å². The summed E-state index contributed by atoms with van der Waals surface area (Å²) in [5.74, 6) is 1.34. The lowest BCUT2D eigenvalue weighted by molar-refractivity contribution is -0.120. The topological polar surface area (TPSA) is 94.5 Å². The Morgan fingerprint density at radius 1 is 1.03 bits per heavy atom. The van der Waals surface area contributed by atoms with Gasteiger partial charge >= 0.3 is 0 Å². The van der Waals surface area contributed by atoms with Crippen molar-refractivity contribution in [3.63, 3.8) is 0 Å². The van der Waals surface area contributed by atoms with Gasteiger partial charge in [0.15, 0.2) is 11.5 Å². The van der Waals surface area contributed by atoms with Gasteiger partial charge in [-0.2, -0.15) is 0 Å². The lowest BCUT2D eigenvalue weighted by Gasteiger charge is -2.11. The molecule has 8 nitrogen and oxygen atoms in total. The van der Waals surface area contributed by atoms with Crippen molar-refractivity contribution in [2.24, 2.45) is 0 Å². The van der Waals surface area contributed by atoms with Gasteiger partial charge in [-0.25, -0.2) is 4.98 Å². The molecule has 2 N–H and O–H groups in total. The molecule has 2 amide bonds. The second kappa shape index (κ2) is 9.78. The molecule has 158 valence electrons. The molecule has 1 aromatic heterocycles. The largest absolute Gasteiger partial charge is 0.493 e. The molecule has 0 radical (unpaired) electrons. The first-order valence-electron chi connectivity index (χ1n) is 9.72. The van der Waals surface area contributed by atoms with Crippen LogP contribution in [0.2, 0.25) is 0 Å². The van der Waals surface area contributed by atoms with Crippen LogP contribution in [0.1, 0.15) is 22.6 Å². The number of aryl methyl sites for hydroxylation is 2. The first-order valence-corrected chi connectivity index (χ1v) is 9.72.